The Morgan fingerprint density at radius 1 is 0.328 bits per heavy atom. The van der Waals surface area contributed by atoms with Gasteiger partial charge in [0.25, 0.3) is 0 Å². The highest BCUT2D eigenvalue weighted by Gasteiger charge is 2.19. The minimum Gasteiger partial charge on any atom is -0.462 e. The fourth-order valence-electron chi connectivity index (χ4n) is 6.14. The number of ether oxygens (including phenoxy) is 3. The average Bonchev–Trinajstić information content (AvgIpc) is 3.29. The summed E-state index contributed by atoms with van der Waals surface area (Å²) in [7, 11) is 0. The maximum Gasteiger partial charge on any atom is 0.306 e. The molecule has 1 atom stereocenters. The van der Waals surface area contributed by atoms with Gasteiger partial charge in [0.05, 0.1) is 0 Å². The van der Waals surface area contributed by atoms with Gasteiger partial charge in [-0.3, -0.25) is 14.4 Å². The fraction of sp³-hybridized carbons (Fsp3) is 0.569. The van der Waals surface area contributed by atoms with Crippen LogP contribution in [-0.2, 0) is 28.6 Å². The molecule has 1 unspecified atom stereocenters. The van der Waals surface area contributed by atoms with E-state index in [2.05, 4.69) is 154 Å². The summed E-state index contributed by atoms with van der Waals surface area (Å²) in [4.78, 5) is 37.9. The molecule has 0 rings (SSSR count). The van der Waals surface area contributed by atoms with E-state index in [1.54, 1.807) is 0 Å². The molecule has 0 bridgehead atoms. The van der Waals surface area contributed by atoms with Gasteiger partial charge in [-0.15, -0.1) is 0 Å². The Kier molecular flexibility index (Phi) is 47.6. The van der Waals surface area contributed by atoms with Crippen LogP contribution in [0.3, 0.4) is 0 Å². The standard InChI is InChI=1S/C58H90O6/c1-4-7-10-13-16-19-22-24-26-27-28-29-30-31-33-34-36-39-42-45-48-51-57(60)63-54-55(53-62-56(59)50-47-44-41-38-21-18-15-12-9-6-3)64-58(61)52-49-46-43-40-37-35-32-25-23-20-17-14-11-8-5-2/h7-8,10-12,15-17,19-20,24-26,28-29,31-33,36-37,39-40,55H,4-6,9,13-14,18,21-23,27,30,34-35,38,41-54H2,1-3H3/b10-7-,11-8-,15-12-,19-16-,20-17-,26-24-,29-28-,32-25-,33-31-,39-36-,40-37-. The summed E-state index contributed by atoms with van der Waals surface area (Å²) in [5.41, 5.74) is 0. The summed E-state index contributed by atoms with van der Waals surface area (Å²) in [6.07, 6.45) is 71.6. The van der Waals surface area contributed by atoms with E-state index in [1.165, 1.54) is 12.8 Å². The summed E-state index contributed by atoms with van der Waals surface area (Å²) >= 11 is 0. The Morgan fingerprint density at radius 3 is 1.00 bits per heavy atom. The van der Waals surface area contributed by atoms with E-state index in [1.807, 2.05) is 0 Å². The number of unbranched alkanes of at least 4 members (excludes halogenated alkanes) is 10. The van der Waals surface area contributed by atoms with Gasteiger partial charge in [-0.2, -0.15) is 0 Å². The monoisotopic (exact) mass is 883 g/mol. The lowest BCUT2D eigenvalue weighted by Gasteiger charge is -2.18. The zero-order valence-electron chi connectivity index (χ0n) is 40.7. The van der Waals surface area contributed by atoms with Gasteiger partial charge in [0.1, 0.15) is 13.2 Å². The lowest BCUT2D eigenvalue weighted by atomic mass is 10.1. The van der Waals surface area contributed by atoms with Gasteiger partial charge in [0, 0.05) is 19.3 Å². The molecule has 0 spiro atoms. The Balaban J connectivity index is 4.52. The summed E-state index contributed by atoms with van der Waals surface area (Å²) in [5.74, 6) is -1.03. The third-order valence-corrected chi connectivity index (χ3v) is 9.85. The van der Waals surface area contributed by atoms with Crippen LogP contribution in [0.1, 0.15) is 194 Å². The first-order valence-corrected chi connectivity index (χ1v) is 25.2. The highest BCUT2D eigenvalue weighted by atomic mass is 16.6. The van der Waals surface area contributed by atoms with Gasteiger partial charge in [0.2, 0.25) is 0 Å². The fourth-order valence-corrected chi connectivity index (χ4v) is 6.14. The van der Waals surface area contributed by atoms with Gasteiger partial charge in [-0.25, -0.2) is 0 Å². The van der Waals surface area contributed by atoms with Crippen LogP contribution in [-0.4, -0.2) is 37.2 Å². The summed E-state index contributed by atoms with van der Waals surface area (Å²) in [6.45, 7) is 6.24. The highest BCUT2D eigenvalue weighted by molar-refractivity contribution is 5.71. The molecular weight excluding hydrogens is 793 g/mol. The molecule has 0 aliphatic heterocycles. The van der Waals surface area contributed by atoms with Crippen molar-refractivity contribution >= 4 is 17.9 Å². The average molecular weight is 883 g/mol. The Bertz CT molecular complexity index is 1430. The van der Waals surface area contributed by atoms with Gasteiger partial charge >= 0.3 is 17.9 Å². The first-order valence-electron chi connectivity index (χ1n) is 25.2. The van der Waals surface area contributed by atoms with Gasteiger partial charge in [-0.1, -0.05) is 180 Å². The van der Waals surface area contributed by atoms with Crippen molar-refractivity contribution in [2.75, 3.05) is 13.2 Å². The van der Waals surface area contributed by atoms with Crippen LogP contribution in [0, 0.1) is 0 Å². The zero-order chi connectivity index (χ0) is 46.5. The molecule has 0 aromatic rings. The summed E-state index contributed by atoms with van der Waals surface area (Å²) < 4.78 is 16.7. The van der Waals surface area contributed by atoms with E-state index in [9.17, 15) is 14.4 Å². The molecule has 0 heterocycles. The Hall–Kier alpha value is -4.45. The van der Waals surface area contributed by atoms with E-state index in [0.29, 0.717) is 19.3 Å². The lowest BCUT2D eigenvalue weighted by Crippen LogP contribution is -2.30. The van der Waals surface area contributed by atoms with Crippen molar-refractivity contribution in [3.8, 4) is 0 Å². The topological polar surface area (TPSA) is 78.9 Å². The smallest absolute Gasteiger partial charge is 0.306 e. The van der Waals surface area contributed by atoms with Crippen LogP contribution in [0.4, 0.5) is 0 Å². The Labute approximate surface area is 392 Å². The second kappa shape index (κ2) is 51.2. The predicted octanol–water partition coefficient (Wildman–Crippen LogP) is 16.7. The van der Waals surface area contributed by atoms with Crippen molar-refractivity contribution in [1.82, 2.24) is 0 Å². The minimum absolute atomic E-state index is 0.118. The lowest BCUT2D eigenvalue weighted by molar-refractivity contribution is -0.167. The van der Waals surface area contributed by atoms with Crippen molar-refractivity contribution < 1.29 is 28.6 Å². The molecular formula is C58H90O6. The molecule has 0 aliphatic carbocycles. The maximum absolute atomic E-state index is 12.8. The Morgan fingerprint density at radius 2 is 0.609 bits per heavy atom. The van der Waals surface area contributed by atoms with Gasteiger partial charge in [-0.05, 0) is 128 Å². The molecule has 0 N–H and O–H groups in total. The van der Waals surface area contributed by atoms with Crippen LogP contribution >= 0.6 is 0 Å². The normalized spacial score (nSPS) is 13.2. The molecule has 0 saturated heterocycles. The third-order valence-electron chi connectivity index (χ3n) is 9.85. The largest absolute Gasteiger partial charge is 0.462 e. The van der Waals surface area contributed by atoms with Crippen molar-refractivity contribution in [2.24, 2.45) is 0 Å². The molecule has 6 heteroatoms. The third kappa shape index (κ3) is 48.6. The van der Waals surface area contributed by atoms with E-state index in [0.717, 1.165) is 128 Å². The SMILES string of the molecule is CC/C=C\C/C=C\C/C=C\C/C=C\C/C=C\C/C=C\CCCCC(=O)OCC(COC(=O)CCCCCCC/C=C\CCC)OC(=O)CCCC/C=C\C/C=C\C/C=C\C/C=C\CC. The maximum atomic E-state index is 12.8. The molecule has 0 aromatic carbocycles. The number of carbonyl (C=O) groups is 3. The first kappa shape index (κ1) is 59.5. The van der Waals surface area contributed by atoms with Crippen molar-refractivity contribution in [3.05, 3.63) is 134 Å². The number of allylic oxidation sites excluding steroid dienone is 22. The minimum atomic E-state index is -0.825. The van der Waals surface area contributed by atoms with E-state index in [4.69, 9.17) is 14.2 Å². The van der Waals surface area contributed by atoms with Crippen LogP contribution < -0.4 is 0 Å². The quantitative estimate of drug-likeness (QED) is 0.0263. The molecule has 0 radical (unpaired) electrons. The second-order valence-electron chi connectivity index (χ2n) is 16.0. The molecule has 0 amide bonds. The summed E-state index contributed by atoms with van der Waals surface area (Å²) in [5, 5.41) is 0. The summed E-state index contributed by atoms with van der Waals surface area (Å²) in [6, 6.07) is 0. The highest BCUT2D eigenvalue weighted by Crippen LogP contribution is 2.11. The molecule has 6 nitrogen and oxygen atoms in total. The number of carbonyl (C=O) groups excluding carboxylic acids is 3. The zero-order valence-corrected chi connectivity index (χ0v) is 40.7. The van der Waals surface area contributed by atoms with Crippen LogP contribution in [0.5, 0.6) is 0 Å². The number of esters is 3. The predicted molar refractivity (Wildman–Crippen MR) is 274 cm³/mol. The van der Waals surface area contributed by atoms with E-state index < -0.39 is 6.10 Å². The number of hydrogen-bond acceptors (Lipinski definition) is 6. The molecule has 0 saturated carbocycles. The van der Waals surface area contributed by atoms with Crippen LogP contribution in [0.25, 0.3) is 0 Å². The van der Waals surface area contributed by atoms with Crippen molar-refractivity contribution in [3.63, 3.8) is 0 Å². The number of rotatable bonds is 43. The van der Waals surface area contributed by atoms with Crippen molar-refractivity contribution in [1.29, 1.82) is 0 Å². The molecule has 358 valence electrons. The first-order chi connectivity index (χ1) is 31.5. The van der Waals surface area contributed by atoms with Gasteiger partial charge in [0.15, 0.2) is 6.10 Å². The van der Waals surface area contributed by atoms with E-state index in [-0.39, 0.29) is 44.0 Å². The molecule has 0 aliphatic rings. The molecule has 0 aromatic heterocycles. The van der Waals surface area contributed by atoms with Crippen LogP contribution in [0.2, 0.25) is 0 Å². The second-order valence-corrected chi connectivity index (χ2v) is 16.0. The van der Waals surface area contributed by atoms with Crippen LogP contribution in [0.15, 0.2) is 134 Å². The molecule has 64 heavy (non-hydrogen) atoms. The number of hydrogen-bond donors (Lipinski definition) is 0. The van der Waals surface area contributed by atoms with Gasteiger partial charge < -0.3 is 14.2 Å². The van der Waals surface area contributed by atoms with E-state index >= 15 is 0 Å². The van der Waals surface area contributed by atoms with Crippen molar-refractivity contribution in [2.45, 2.75) is 200 Å². The molecule has 0 fully saturated rings.